The van der Waals surface area contributed by atoms with Gasteiger partial charge < -0.3 is 9.42 Å². The molecule has 0 spiro atoms. The Bertz CT molecular complexity index is 808. The standard InChI is InChI=1S/C23H30FN3O2/c1-2-16-6-12-19(13-7-16)27(20-14-15-20)22(28)5-3-4-21-25-23(26-29-21)17-8-10-18(24)11-9-17/h8-11,16,19-20H,2-7,12-15H2,1H3. The molecule has 2 aliphatic carbocycles. The summed E-state index contributed by atoms with van der Waals surface area (Å²) in [4.78, 5) is 19.5. The van der Waals surface area contributed by atoms with Gasteiger partial charge in [-0.25, -0.2) is 4.39 Å². The van der Waals surface area contributed by atoms with E-state index < -0.39 is 0 Å². The highest BCUT2D eigenvalue weighted by molar-refractivity contribution is 5.77. The minimum Gasteiger partial charge on any atom is -0.339 e. The third-order valence-electron chi connectivity index (χ3n) is 6.37. The molecule has 2 aliphatic rings. The van der Waals surface area contributed by atoms with Gasteiger partial charge in [0, 0.05) is 30.5 Å². The molecule has 0 atom stereocenters. The Morgan fingerprint density at radius 3 is 2.38 bits per heavy atom. The molecule has 0 N–H and O–H groups in total. The molecule has 0 saturated heterocycles. The van der Waals surface area contributed by atoms with E-state index >= 15 is 0 Å². The summed E-state index contributed by atoms with van der Waals surface area (Å²) in [5.74, 6) is 1.82. The zero-order chi connectivity index (χ0) is 20.2. The molecule has 2 saturated carbocycles. The second kappa shape index (κ2) is 9.06. The molecule has 4 rings (SSSR count). The summed E-state index contributed by atoms with van der Waals surface area (Å²) in [6.45, 7) is 2.27. The minimum absolute atomic E-state index is 0.283. The minimum atomic E-state index is -0.292. The lowest BCUT2D eigenvalue weighted by Crippen LogP contribution is -2.43. The second-order valence-corrected chi connectivity index (χ2v) is 8.49. The van der Waals surface area contributed by atoms with Crippen molar-refractivity contribution < 1.29 is 13.7 Å². The Labute approximate surface area is 171 Å². The normalized spacial score (nSPS) is 21.9. The summed E-state index contributed by atoms with van der Waals surface area (Å²) in [5.41, 5.74) is 0.722. The van der Waals surface area contributed by atoms with Crippen molar-refractivity contribution in [3.63, 3.8) is 0 Å². The molecule has 1 aromatic carbocycles. The van der Waals surface area contributed by atoms with Crippen molar-refractivity contribution >= 4 is 5.91 Å². The van der Waals surface area contributed by atoms with Crippen LogP contribution in [0.2, 0.25) is 0 Å². The van der Waals surface area contributed by atoms with Crippen LogP contribution >= 0.6 is 0 Å². The van der Waals surface area contributed by atoms with Crippen molar-refractivity contribution in [2.24, 2.45) is 5.92 Å². The third kappa shape index (κ3) is 5.03. The van der Waals surface area contributed by atoms with Crippen LogP contribution in [-0.4, -0.2) is 33.0 Å². The van der Waals surface area contributed by atoms with Crippen LogP contribution in [0.1, 0.15) is 70.6 Å². The topological polar surface area (TPSA) is 59.2 Å². The van der Waals surface area contributed by atoms with Gasteiger partial charge in [-0.1, -0.05) is 18.5 Å². The average Bonchev–Trinajstić information content (AvgIpc) is 3.46. The van der Waals surface area contributed by atoms with E-state index in [0.29, 0.717) is 43.1 Å². The van der Waals surface area contributed by atoms with Crippen molar-refractivity contribution in [3.05, 3.63) is 36.0 Å². The number of aromatic nitrogens is 2. The smallest absolute Gasteiger partial charge is 0.226 e. The van der Waals surface area contributed by atoms with E-state index in [0.717, 1.165) is 37.2 Å². The van der Waals surface area contributed by atoms with Crippen molar-refractivity contribution in [3.8, 4) is 11.4 Å². The van der Waals surface area contributed by atoms with Crippen LogP contribution in [0, 0.1) is 11.7 Å². The Balaban J connectivity index is 1.28. The molecule has 0 bridgehead atoms. The highest BCUT2D eigenvalue weighted by Crippen LogP contribution is 2.36. The van der Waals surface area contributed by atoms with Gasteiger partial charge in [-0.2, -0.15) is 4.98 Å². The van der Waals surface area contributed by atoms with Gasteiger partial charge >= 0.3 is 0 Å². The van der Waals surface area contributed by atoms with E-state index in [1.165, 1.54) is 31.4 Å². The Kier molecular flexibility index (Phi) is 6.26. The number of carbonyl (C=O) groups excluding carboxylic acids is 1. The Hall–Kier alpha value is -2.24. The van der Waals surface area contributed by atoms with Crippen LogP contribution in [0.4, 0.5) is 4.39 Å². The number of carbonyl (C=O) groups is 1. The summed E-state index contributed by atoms with van der Waals surface area (Å²) in [6.07, 6.45) is 10.2. The van der Waals surface area contributed by atoms with Gasteiger partial charge in [0.1, 0.15) is 5.82 Å². The van der Waals surface area contributed by atoms with Crippen LogP contribution in [0.3, 0.4) is 0 Å². The Morgan fingerprint density at radius 2 is 1.76 bits per heavy atom. The molecule has 1 heterocycles. The SMILES string of the molecule is CCC1CCC(N(C(=O)CCCc2nc(-c3ccc(F)cc3)no2)C2CC2)CC1. The first-order valence-corrected chi connectivity index (χ1v) is 11.0. The third-order valence-corrected chi connectivity index (χ3v) is 6.37. The highest BCUT2D eigenvalue weighted by atomic mass is 19.1. The molecule has 0 unspecified atom stereocenters. The quantitative estimate of drug-likeness (QED) is 0.615. The van der Waals surface area contributed by atoms with Crippen LogP contribution in [0.25, 0.3) is 11.4 Å². The number of hydrogen-bond donors (Lipinski definition) is 0. The van der Waals surface area contributed by atoms with Crippen molar-refractivity contribution in [2.45, 2.75) is 83.2 Å². The fourth-order valence-electron chi connectivity index (χ4n) is 4.48. The van der Waals surface area contributed by atoms with Crippen LogP contribution in [0.15, 0.2) is 28.8 Å². The van der Waals surface area contributed by atoms with Gasteiger partial charge in [0.2, 0.25) is 17.6 Å². The van der Waals surface area contributed by atoms with Gasteiger partial charge in [0.05, 0.1) is 0 Å². The van der Waals surface area contributed by atoms with E-state index in [-0.39, 0.29) is 11.7 Å². The van der Waals surface area contributed by atoms with Crippen molar-refractivity contribution in [1.82, 2.24) is 15.0 Å². The summed E-state index contributed by atoms with van der Waals surface area (Å²) in [7, 11) is 0. The summed E-state index contributed by atoms with van der Waals surface area (Å²) in [5, 5.41) is 3.97. The van der Waals surface area contributed by atoms with E-state index in [9.17, 15) is 9.18 Å². The average molecular weight is 400 g/mol. The first-order chi connectivity index (χ1) is 14.1. The van der Waals surface area contributed by atoms with Gasteiger partial charge in [0.25, 0.3) is 0 Å². The number of hydrogen-bond acceptors (Lipinski definition) is 4. The maximum atomic E-state index is 13.0. The monoisotopic (exact) mass is 399 g/mol. The summed E-state index contributed by atoms with van der Waals surface area (Å²) < 4.78 is 18.4. The highest BCUT2D eigenvalue weighted by Gasteiger charge is 2.38. The number of halogens is 1. The molecular formula is C23H30FN3O2. The van der Waals surface area contributed by atoms with E-state index in [2.05, 4.69) is 22.0 Å². The lowest BCUT2D eigenvalue weighted by atomic mass is 9.83. The number of aryl methyl sites for hydroxylation is 1. The first-order valence-electron chi connectivity index (χ1n) is 11.0. The number of amides is 1. The zero-order valence-electron chi connectivity index (χ0n) is 17.1. The van der Waals surface area contributed by atoms with Gasteiger partial charge in [0.15, 0.2) is 0 Å². The molecule has 1 amide bonds. The van der Waals surface area contributed by atoms with Crippen molar-refractivity contribution in [2.75, 3.05) is 0 Å². The maximum Gasteiger partial charge on any atom is 0.226 e. The van der Waals surface area contributed by atoms with Crippen LogP contribution in [-0.2, 0) is 11.2 Å². The fourth-order valence-corrected chi connectivity index (χ4v) is 4.48. The molecule has 6 heteroatoms. The van der Waals surface area contributed by atoms with Crippen LogP contribution in [0.5, 0.6) is 0 Å². The summed E-state index contributed by atoms with van der Waals surface area (Å²) >= 11 is 0. The fraction of sp³-hybridized carbons (Fsp3) is 0.609. The first kappa shape index (κ1) is 20.0. The van der Waals surface area contributed by atoms with Gasteiger partial charge in [-0.15, -0.1) is 0 Å². The van der Waals surface area contributed by atoms with Crippen molar-refractivity contribution in [1.29, 1.82) is 0 Å². The van der Waals surface area contributed by atoms with E-state index in [4.69, 9.17) is 4.52 Å². The molecule has 2 aromatic rings. The molecule has 1 aromatic heterocycles. The molecule has 29 heavy (non-hydrogen) atoms. The number of nitrogens with zero attached hydrogens (tertiary/aromatic N) is 3. The maximum absolute atomic E-state index is 13.0. The molecule has 5 nitrogen and oxygen atoms in total. The lowest BCUT2D eigenvalue weighted by Gasteiger charge is -2.37. The molecular weight excluding hydrogens is 369 g/mol. The lowest BCUT2D eigenvalue weighted by molar-refractivity contribution is -0.135. The van der Waals surface area contributed by atoms with Gasteiger partial charge in [-0.05, 0) is 75.1 Å². The van der Waals surface area contributed by atoms with Gasteiger partial charge in [-0.3, -0.25) is 4.79 Å². The number of benzene rings is 1. The van der Waals surface area contributed by atoms with E-state index in [1.54, 1.807) is 12.1 Å². The second-order valence-electron chi connectivity index (χ2n) is 8.49. The largest absolute Gasteiger partial charge is 0.339 e. The summed E-state index contributed by atoms with van der Waals surface area (Å²) in [6, 6.07) is 6.93. The zero-order valence-corrected chi connectivity index (χ0v) is 17.1. The predicted molar refractivity (Wildman–Crippen MR) is 109 cm³/mol. The molecule has 156 valence electrons. The Morgan fingerprint density at radius 1 is 1.10 bits per heavy atom. The predicted octanol–water partition coefficient (Wildman–Crippen LogP) is 5.16. The molecule has 2 fully saturated rings. The molecule has 0 radical (unpaired) electrons. The van der Waals surface area contributed by atoms with Crippen LogP contribution < -0.4 is 0 Å². The van der Waals surface area contributed by atoms with E-state index in [1.807, 2.05) is 0 Å². The molecule has 0 aliphatic heterocycles. The number of rotatable bonds is 8.